The van der Waals surface area contributed by atoms with Crippen molar-refractivity contribution >= 4 is 61.8 Å². The number of rotatable bonds is 9. The van der Waals surface area contributed by atoms with Gasteiger partial charge in [0.1, 0.15) is 21.4 Å². The average molecular weight is 599 g/mol. The van der Waals surface area contributed by atoms with Crippen LogP contribution >= 0.6 is 22.7 Å². The number of amides is 1. The van der Waals surface area contributed by atoms with E-state index in [1.54, 1.807) is 33.5 Å². The molecular formula is C30H26N6O4S2. The monoisotopic (exact) mass is 598 g/mol. The van der Waals surface area contributed by atoms with Crippen LogP contribution < -0.4 is 30.6 Å². The second-order valence-electron chi connectivity index (χ2n) is 9.12. The normalized spacial score (nSPS) is 10.9. The van der Waals surface area contributed by atoms with Crippen LogP contribution in [0.2, 0.25) is 0 Å². The second-order valence-corrected chi connectivity index (χ2v) is 11.0. The van der Waals surface area contributed by atoms with Gasteiger partial charge < -0.3 is 35.6 Å². The van der Waals surface area contributed by atoms with E-state index in [0.29, 0.717) is 45.3 Å². The Hall–Kier alpha value is -5.07. The van der Waals surface area contributed by atoms with Gasteiger partial charge in [0.25, 0.3) is 5.91 Å². The summed E-state index contributed by atoms with van der Waals surface area (Å²) in [7, 11) is 4.68. The van der Waals surface area contributed by atoms with E-state index in [1.165, 1.54) is 22.7 Å². The van der Waals surface area contributed by atoms with E-state index >= 15 is 0 Å². The fraction of sp³-hybridized carbons (Fsp3) is 0.100. The summed E-state index contributed by atoms with van der Waals surface area (Å²) in [5.74, 6) is 1.70. The number of fused-ring (bicyclic) bond motifs is 1. The number of H-pyrrole nitrogens is 1. The number of aromatic amines is 1. The lowest BCUT2D eigenvalue weighted by Crippen LogP contribution is -2.12. The van der Waals surface area contributed by atoms with Gasteiger partial charge in [-0.25, -0.2) is 9.97 Å². The molecule has 0 fully saturated rings. The number of nitrogens with two attached hydrogens (primary N) is 1. The average Bonchev–Trinajstić information content (AvgIpc) is 3.75. The number of thiazole rings is 2. The summed E-state index contributed by atoms with van der Waals surface area (Å²) < 4.78 is 16.3. The zero-order valence-corrected chi connectivity index (χ0v) is 24.5. The molecule has 3 heterocycles. The maximum absolute atomic E-state index is 12.9. The molecule has 212 valence electrons. The summed E-state index contributed by atoms with van der Waals surface area (Å²) in [5, 5.41) is 10.5. The summed E-state index contributed by atoms with van der Waals surface area (Å²) in [6.07, 6.45) is 0. The molecule has 0 spiro atoms. The minimum absolute atomic E-state index is 0.216. The number of methoxy groups -OCH3 is 3. The highest BCUT2D eigenvalue weighted by Crippen LogP contribution is 2.43. The molecule has 10 nitrogen and oxygen atoms in total. The van der Waals surface area contributed by atoms with Gasteiger partial charge in [-0.2, -0.15) is 0 Å². The Balaban J connectivity index is 1.20. The van der Waals surface area contributed by atoms with E-state index in [9.17, 15) is 4.79 Å². The zero-order valence-electron chi connectivity index (χ0n) is 22.8. The Morgan fingerprint density at radius 3 is 2.43 bits per heavy atom. The Morgan fingerprint density at radius 1 is 0.905 bits per heavy atom. The highest BCUT2D eigenvalue weighted by Gasteiger charge is 2.18. The van der Waals surface area contributed by atoms with Crippen molar-refractivity contribution < 1.29 is 19.0 Å². The number of nitrogens with one attached hydrogen (secondary N) is 3. The molecule has 0 aliphatic carbocycles. The van der Waals surface area contributed by atoms with E-state index in [-0.39, 0.29) is 5.91 Å². The number of aromatic nitrogens is 3. The number of anilines is 4. The Morgan fingerprint density at radius 2 is 1.69 bits per heavy atom. The third-order valence-corrected chi connectivity index (χ3v) is 8.44. The van der Waals surface area contributed by atoms with Crippen molar-refractivity contribution in [2.24, 2.45) is 0 Å². The maximum Gasteiger partial charge on any atom is 0.272 e. The van der Waals surface area contributed by atoms with Gasteiger partial charge in [-0.1, -0.05) is 41.7 Å². The number of hydrogen-bond acceptors (Lipinski definition) is 10. The summed E-state index contributed by atoms with van der Waals surface area (Å²) in [6, 6.07) is 20.8. The molecule has 6 rings (SSSR count). The molecule has 0 atom stereocenters. The fourth-order valence-electron chi connectivity index (χ4n) is 4.48. The summed E-state index contributed by atoms with van der Waals surface area (Å²) in [5.41, 5.74) is 10.7. The van der Waals surface area contributed by atoms with Gasteiger partial charge in [-0.05, 0) is 24.3 Å². The van der Waals surface area contributed by atoms with Crippen LogP contribution in [0.5, 0.6) is 17.2 Å². The summed E-state index contributed by atoms with van der Waals surface area (Å²) >= 11 is 2.86. The Kier molecular flexibility index (Phi) is 7.38. The lowest BCUT2D eigenvalue weighted by Gasteiger charge is -2.14. The van der Waals surface area contributed by atoms with Crippen molar-refractivity contribution in [1.29, 1.82) is 0 Å². The molecule has 5 N–H and O–H groups in total. The first-order valence-electron chi connectivity index (χ1n) is 12.7. The number of ether oxygens (including phenoxy) is 3. The molecule has 0 saturated carbocycles. The molecule has 0 unspecified atom stereocenters. The lowest BCUT2D eigenvalue weighted by atomic mass is 10.1. The maximum atomic E-state index is 12.9. The van der Waals surface area contributed by atoms with Crippen molar-refractivity contribution in [1.82, 2.24) is 15.0 Å². The molecule has 3 aromatic heterocycles. The van der Waals surface area contributed by atoms with E-state index < -0.39 is 0 Å². The molecule has 0 bridgehead atoms. The molecule has 12 heteroatoms. The molecular weight excluding hydrogens is 573 g/mol. The molecule has 6 aromatic rings. The Labute approximate surface area is 249 Å². The number of carbonyl (C=O) groups excluding carboxylic acids is 1. The molecule has 1 amide bonds. The molecule has 0 aliphatic rings. The smallest absolute Gasteiger partial charge is 0.272 e. The zero-order chi connectivity index (χ0) is 29.2. The predicted molar refractivity (Wildman–Crippen MR) is 169 cm³/mol. The molecule has 3 aromatic carbocycles. The number of para-hydroxylation sites is 1. The first-order chi connectivity index (χ1) is 20.4. The number of benzene rings is 3. The van der Waals surface area contributed by atoms with Gasteiger partial charge >= 0.3 is 0 Å². The molecule has 0 aliphatic heterocycles. The minimum Gasteiger partial charge on any atom is -0.493 e. The van der Waals surface area contributed by atoms with Crippen LogP contribution in [0.15, 0.2) is 72.1 Å². The summed E-state index contributed by atoms with van der Waals surface area (Å²) in [4.78, 5) is 26.1. The minimum atomic E-state index is -0.216. The van der Waals surface area contributed by atoms with Crippen molar-refractivity contribution in [2.75, 3.05) is 37.7 Å². The van der Waals surface area contributed by atoms with Crippen molar-refractivity contribution in [3.63, 3.8) is 0 Å². The number of nitrogens with zero attached hydrogens (tertiary/aromatic N) is 2. The molecule has 42 heavy (non-hydrogen) atoms. The van der Waals surface area contributed by atoms with Crippen LogP contribution in [0.3, 0.4) is 0 Å². The van der Waals surface area contributed by atoms with Gasteiger partial charge in [0, 0.05) is 45.4 Å². The van der Waals surface area contributed by atoms with Crippen molar-refractivity contribution in [3.05, 3.63) is 77.8 Å². The second kappa shape index (κ2) is 11.4. The van der Waals surface area contributed by atoms with E-state index in [4.69, 9.17) is 24.9 Å². The summed E-state index contributed by atoms with van der Waals surface area (Å²) in [6.45, 7) is 0. The van der Waals surface area contributed by atoms with Crippen molar-refractivity contribution in [3.8, 4) is 38.4 Å². The van der Waals surface area contributed by atoms with E-state index in [2.05, 4.69) is 20.6 Å². The third kappa shape index (κ3) is 5.32. The van der Waals surface area contributed by atoms with E-state index in [1.807, 2.05) is 60.0 Å². The van der Waals surface area contributed by atoms with Gasteiger partial charge in [-0.3, -0.25) is 4.79 Å². The largest absolute Gasteiger partial charge is 0.493 e. The van der Waals surface area contributed by atoms with Gasteiger partial charge in [-0.15, -0.1) is 11.3 Å². The van der Waals surface area contributed by atoms with Crippen molar-refractivity contribution in [2.45, 2.75) is 0 Å². The third-order valence-electron chi connectivity index (χ3n) is 6.46. The Bertz CT molecular complexity index is 1850. The topological polar surface area (TPSA) is 136 Å². The lowest BCUT2D eigenvalue weighted by molar-refractivity contribution is 0.102. The first kappa shape index (κ1) is 27.1. The number of nitrogen functional groups attached to an aromatic ring is 1. The predicted octanol–water partition coefficient (Wildman–Crippen LogP) is 7.02. The number of hydrogen-bond donors (Lipinski definition) is 4. The van der Waals surface area contributed by atoms with Crippen LogP contribution in [0.4, 0.5) is 22.3 Å². The highest BCUT2D eigenvalue weighted by atomic mass is 32.1. The quantitative estimate of drug-likeness (QED) is 0.139. The highest BCUT2D eigenvalue weighted by molar-refractivity contribution is 7.23. The first-order valence-corrected chi connectivity index (χ1v) is 14.4. The number of carbonyl (C=O) groups is 1. The van der Waals surface area contributed by atoms with Crippen LogP contribution in [0.25, 0.3) is 32.0 Å². The van der Waals surface area contributed by atoms with Gasteiger partial charge in [0.15, 0.2) is 16.6 Å². The molecule has 0 radical (unpaired) electrons. The van der Waals surface area contributed by atoms with E-state index in [0.717, 1.165) is 32.0 Å². The SMILES string of the molecule is COc1cc(Nc2nc(N)c(-c3nc(-c4cccc(NC(=O)c5cc6ccccc6[nH]5)c4)cs3)s2)cc(OC)c1OC. The standard InChI is InChI=1S/C30H26N6O4S2/c1-38-23-13-19(14-24(39-2)25(23)40-3)33-30-36-27(31)26(42-30)29-35-22(15-41-29)16-8-6-9-18(11-16)32-28(37)21-12-17-7-4-5-10-20(17)34-21/h4-15,34H,31H2,1-3H3,(H,32,37)(H,33,36). The van der Waals surface area contributed by atoms with Crippen LogP contribution in [-0.4, -0.2) is 42.2 Å². The fourth-order valence-corrected chi connectivity index (χ4v) is 6.31. The van der Waals surface area contributed by atoms with Crippen LogP contribution in [-0.2, 0) is 0 Å². The van der Waals surface area contributed by atoms with Gasteiger partial charge in [0.2, 0.25) is 5.75 Å². The van der Waals surface area contributed by atoms with Crippen LogP contribution in [0, 0.1) is 0 Å². The van der Waals surface area contributed by atoms with Gasteiger partial charge in [0.05, 0.1) is 27.0 Å². The molecule has 0 saturated heterocycles. The van der Waals surface area contributed by atoms with Crippen LogP contribution in [0.1, 0.15) is 10.5 Å².